The summed E-state index contributed by atoms with van der Waals surface area (Å²) >= 11 is 1.59. The van der Waals surface area contributed by atoms with Crippen molar-refractivity contribution in [2.45, 2.75) is 13.5 Å². The Balaban J connectivity index is 1.98. The van der Waals surface area contributed by atoms with Crippen LogP contribution in [0.5, 0.6) is 5.75 Å². The fourth-order valence-corrected chi connectivity index (χ4v) is 2.31. The fourth-order valence-electron chi connectivity index (χ4n) is 1.52. The Hall–Kier alpha value is -1.76. The molecule has 3 heteroatoms. The predicted molar refractivity (Wildman–Crippen MR) is 73.8 cm³/mol. The van der Waals surface area contributed by atoms with Crippen LogP contribution in [0.15, 0.2) is 36.4 Å². The molecule has 2 nitrogen and oxygen atoms in total. The normalized spacial score (nSPS) is 9.67. The first-order valence-electron chi connectivity index (χ1n) is 5.66. The van der Waals surface area contributed by atoms with E-state index in [2.05, 4.69) is 11.8 Å². The number of rotatable bonds is 3. The van der Waals surface area contributed by atoms with Crippen molar-refractivity contribution >= 4 is 11.3 Å². The molecule has 0 fully saturated rings. The first-order chi connectivity index (χ1) is 8.79. The van der Waals surface area contributed by atoms with Gasteiger partial charge in [-0.2, -0.15) is 0 Å². The molecule has 1 N–H and O–H groups in total. The summed E-state index contributed by atoms with van der Waals surface area (Å²) in [6.07, 6.45) is 0. The minimum absolute atomic E-state index is 0.104. The second kappa shape index (κ2) is 6.25. The summed E-state index contributed by atoms with van der Waals surface area (Å²) in [5.74, 6) is 6.43. The molecule has 1 aromatic carbocycles. The number of thiophene rings is 1. The van der Waals surface area contributed by atoms with E-state index in [9.17, 15) is 0 Å². The number of hydrogen-bond donors (Lipinski definition) is 1. The predicted octanol–water partition coefficient (Wildman–Crippen LogP) is 2.98. The molecule has 0 amide bonds. The van der Waals surface area contributed by atoms with Crippen LogP contribution in [0.3, 0.4) is 0 Å². The zero-order valence-corrected chi connectivity index (χ0v) is 11.0. The van der Waals surface area contributed by atoms with E-state index in [1.807, 2.05) is 43.3 Å². The number of aliphatic hydroxyl groups is 1. The van der Waals surface area contributed by atoms with Gasteiger partial charge in [-0.05, 0) is 30.7 Å². The Morgan fingerprint density at radius 2 is 2.06 bits per heavy atom. The minimum atomic E-state index is -0.104. The first kappa shape index (κ1) is 12.7. The maximum atomic E-state index is 8.62. The van der Waals surface area contributed by atoms with Gasteiger partial charge in [-0.3, -0.25) is 0 Å². The summed E-state index contributed by atoms with van der Waals surface area (Å²) in [5, 5.41) is 8.62. The molecular formula is C15H14O2S. The average molecular weight is 258 g/mol. The highest BCUT2D eigenvalue weighted by atomic mass is 32.1. The number of para-hydroxylation sites is 1. The number of ether oxygens (including phenoxy) is 1. The highest BCUT2D eigenvalue weighted by molar-refractivity contribution is 7.12. The van der Waals surface area contributed by atoms with Crippen molar-refractivity contribution in [2.24, 2.45) is 0 Å². The molecule has 0 bridgehead atoms. The first-order valence-corrected chi connectivity index (χ1v) is 6.48. The number of benzene rings is 1. The van der Waals surface area contributed by atoms with E-state index in [1.54, 1.807) is 11.3 Å². The van der Waals surface area contributed by atoms with Crippen LogP contribution in [0, 0.1) is 18.8 Å². The van der Waals surface area contributed by atoms with Gasteiger partial charge >= 0.3 is 0 Å². The summed E-state index contributed by atoms with van der Waals surface area (Å²) in [6, 6.07) is 11.9. The molecule has 1 aromatic heterocycles. The Labute approximate surface area is 111 Å². The van der Waals surface area contributed by atoms with Crippen LogP contribution in [0.1, 0.15) is 15.3 Å². The van der Waals surface area contributed by atoms with Gasteiger partial charge in [-0.25, -0.2) is 0 Å². The second-order valence-electron chi connectivity index (χ2n) is 3.78. The lowest BCUT2D eigenvalue weighted by molar-refractivity contribution is 0.307. The molecule has 0 spiro atoms. The number of aliphatic hydroxyl groups excluding tert-OH is 1. The fraction of sp³-hybridized carbons (Fsp3) is 0.200. The van der Waals surface area contributed by atoms with E-state index >= 15 is 0 Å². The Morgan fingerprint density at radius 3 is 2.83 bits per heavy atom. The lowest BCUT2D eigenvalue weighted by atomic mass is 10.2. The lowest BCUT2D eigenvalue weighted by Gasteiger charge is -2.06. The van der Waals surface area contributed by atoms with Gasteiger partial charge in [0.15, 0.2) is 0 Å². The SMILES string of the molecule is Cc1ccccc1OCc1ccc(C#CCO)s1. The van der Waals surface area contributed by atoms with E-state index in [0.717, 1.165) is 21.1 Å². The summed E-state index contributed by atoms with van der Waals surface area (Å²) in [7, 11) is 0. The summed E-state index contributed by atoms with van der Waals surface area (Å²) < 4.78 is 5.75. The lowest BCUT2D eigenvalue weighted by Crippen LogP contribution is -1.94. The second-order valence-corrected chi connectivity index (χ2v) is 4.95. The van der Waals surface area contributed by atoms with Crippen molar-refractivity contribution in [3.8, 4) is 17.6 Å². The van der Waals surface area contributed by atoms with E-state index < -0.39 is 0 Å². The van der Waals surface area contributed by atoms with Crippen LogP contribution in [0.2, 0.25) is 0 Å². The highest BCUT2D eigenvalue weighted by Crippen LogP contribution is 2.21. The van der Waals surface area contributed by atoms with Gasteiger partial charge in [0, 0.05) is 4.88 Å². The molecular weight excluding hydrogens is 244 g/mol. The van der Waals surface area contributed by atoms with Crippen molar-refractivity contribution in [1.29, 1.82) is 0 Å². The molecule has 0 aliphatic carbocycles. The van der Waals surface area contributed by atoms with Crippen molar-refractivity contribution < 1.29 is 9.84 Å². The van der Waals surface area contributed by atoms with Crippen LogP contribution in [0.25, 0.3) is 0 Å². The largest absolute Gasteiger partial charge is 0.488 e. The monoisotopic (exact) mass is 258 g/mol. The van der Waals surface area contributed by atoms with Gasteiger partial charge in [0.05, 0.1) is 4.88 Å². The minimum Gasteiger partial charge on any atom is -0.488 e. The average Bonchev–Trinajstić information content (AvgIpc) is 2.83. The molecule has 1 heterocycles. The van der Waals surface area contributed by atoms with E-state index in [1.165, 1.54) is 0 Å². The van der Waals surface area contributed by atoms with Crippen LogP contribution >= 0.6 is 11.3 Å². The van der Waals surface area contributed by atoms with Crippen molar-refractivity contribution in [3.63, 3.8) is 0 Å². The Morgan fingerprint density at radius 1 is 1.22 bits per heavy atom. The van der Waals surface area contributed by atoms with Gasteiger partial charge in [-0.1, -0.05) is 30.0 Å². The molecule has 2 aromatic rings. The zero-order chi connectivity index (χ0) is 12.8. The maximum Gasteiger partial charge on any atom is 0.122 e. The number of hydrogen-bond acceptors (Lipinski definition) is 3. The van der Waals surface area contributed by atoms with Gasteiger partial charge in [0.25, 0.3) is 0 Å². The molecule has 0 saturated heterocycles. The third-order valence-corrected chi connectivity index (χ3v) is 3.39. The van der Waals surface area contributed by atoms with Crippen molar-refractivity contribution in [1.82, 2.24) is 0 Å². The third-order valence-electron chi connectivity index (χ3n) is 2.42. The molecule has 0 aliphatic rings. The quantitative estimate of drug-likeness (QED) is 0.858. The van der Waals surface area contributed by atoms with E-state index in [0.29, 0.717) is 6.61 Å². The van der Waals surface area contributed by atoms with Crippen LogP contribution in [-0.4, -0.2) is 11.7 Å². The third kappa shape index (κ3) is 3.36. The molecule has 2 rings (SSSR count). The molecule has 18 heavy (non-hydrogen) atoms. The van der Waals surface area contributed by atoms with Crippen molar-refractivity contribution in [2.75, 3.05) is 6.61 Å². The Bertz CT molecular complexity index is 575. The van der Waals surface area contributed by atoms with E-state index in [-0.39, 0.29) is 6.61 Å². The zero-order valence-electron chi connectivity index (χ0n) is 10.1. The molecule has 0 atom stereocenters. The van der Waals surface area contributed by atoms with Crippen LogP contribution in [-0.2, 0) is 6.61 Å². The number of aryl methyl sites for hydroxylation is 1. The standard InChI is InChI=1S/C15H14O2S/c1-12-5-2-3-7-15(12)17-11-14-9-8-13(18-14)6-4-10-16/h2-3,5,7-9,16H,10-11H2,1H3. The maximum absolute atomic E-state index is 8.62. The summed E-state index contributed by atoms with van der Waals surface area (Å²) in [4.78, 5) is 2.08. The smallest absolute Gasteiger partial charge is 0.122 e. The summed E-state index contributed by atoms with van der Waals surface area (Å²) in [5.41, 5.74) is 1.13. The van der Waals surface area contributed by atoms with Gasteiger partial charge in [0.2, 0.25) is 0 Å². The van der Waals surface area contributed by atoms with Crippen LogP contribution in [0.4, 0.5) is 0 Å². The Kier molecular flexibility index (Phi) is 4.40. The van der Waals surface area contributed by atoms with Crippen LogP contribution < -0.4 is 4.74 Å². The molecule has 0 unspecified atom stereocenters. The van der Waals surface area contributed by atoms with Crippen molar-refractivity contribution in [3.05, 3.63) is 51.7 Å². The topological polar surface area (TPSA) is 29.5 Å². The van der Waals surface area contributed by atoms with E-state index in [4.69, 9.17) is 9.84 Å². The summed E-state index contributed by atoms with van der Waals surface area (Å²) in [6.45, 7) is 2.48. The highest BCUT2D eigenvalue weighted by Gasteiger charge is 2.01. The van der Waals surface area contributed by atoms with Gasteiger partial charge < -0.3 is 9.84 Å². The molecule has 0 radical (unpaired) electrons. The van der Waals surface area contributed by atoms with Gasteiger partial charge in [0.1, 0.15) is 19.0 Å². The van der Waals surface area contributed by atoms with Gasteiger partial charge in [-0.15, -0.1) is 11.3 Å². The molecule has 0 aliphatic heterocycles. The molecule has 0 saturated carbocycles. The molecule has 92 valence electrons.